The Morgan fingerprint density at radius 1 is 1.21 bits per heavy atom. The fourth-order valence-electron chi connectivity index (χ4n) is 2.24. The van der Waals surface area contributed by atoms with Crippen LogP contribution in [0.4, 0.5) is 0 Å². The molecule has 0 aliphatic rings. The van der Waals surface area contributed by atoms with Gasteiger partial charge in [-0.1, -0.05) is 38.1 Å². The predicted molar refractivity (Wildman–Crippen MR) is 81.2 cm³/mol. The van der Waals surface area contributed by atoms with Crippen molar-refractivity contribution in [2.75, 3.05) is 18.1 Å². The van der Waals surface area contributed by atoms with Crippen molar-refractivity contribution in [2.45, 2.75) is 39.7 Å². The van der Waals surface area contributed by atoms with Gasteiger partial charge in [0.2, 0.25) is 0 Å². The van der Waals surface area contributed by atoms with Crippen molar-refractivity contribution >= 4 is 9.84 Å². The minimum atomic E-state index is -2.85. The summed E-state index contributed by atoms with van der Waals surface area (Å²) < 4.78 is 23.0. The van der Waals surface area contributed by atoms with Crippen molar-refractivity contribution in [3.63, 3.8) is 0 Å². The topological polar surface area (TPSA) is 46.2 Å². The number of benzene rings is 1. The molecule has 19 heavy (non-hydrogen) atoms. The third-order valence-electron chi connectivity index (χ3n) is 3.40. The molecule has 1 rings (SSSR count). The molecule has 0 heterocycles. The molecule has 1 aromatic rings. The molecule has 0 spiro atoms. The van der Waals surface area contributed by atoms with Crippen LogP contribution in [-0.4, -0.2) is 26.5 Å². The van der Waals surface area contributed by atoms with Gasteiger partial charge in [-0.2, -0.15) is 0 Å². The number of rotatable bonds is 8. The highest BCUT2D eigenvalue weighted by Gasteiger charge is 2.14. The van der Waals surface area contributed by atoms with Crippen LogP contribution in [0, 0.1) is 6.92 Å². The second-order valence-corrected chi connectivity index (χ2v) is 7.32. The van der Waals surface area contributed by atoms with Gasteiger partial charge in [-0.3, -0.25) is 0 Å². The Labute approximate surface area is 117 Å². The van der Waals surface area contributed by atoms with Gasteiger partial charge >= 0.3 is 0 Å². The molecular weight excluding hydrogens is 258 g/mol. The van der Waals surface area contributed by atoms with Crippen molar-refractivity contribution in [3.8, 4) is 0 Å². The van der Waals surface area contributed by atoms with E-state index in [4.69, 9.17) is 0 Å². The van der Waals surface area contributed by atoms with E-state index in [2.05, 4.69) is 31.3 Å². The highest BCUT2D eigenvalue weighted by atomic mass is 32.2. The first-order valence-corrected chi connectivity index (χ1v) is 8.81. The Bertz CT molecular complexity index is 483. The van der Waals surface area contributed by atoms with E-state index in [9.17, 15) is 8.42 Å². The van der Waals surface area contributed by atoms with Crippen LogP contribution in [0.1, 0.15) is 43.9 Å². The Hall–Kier alpha value is -0.870. The summed E-state index contributed by atoms with van der Waals surface area (Å²) >= 11 is 0. The van der Waals surface area contributed by atoms with Crippen molar-refractivity contribution < 1.29 is 8.42 Å². The van der Waals surface area contributed by atoms with Gasteiger partial charge in [-0.15, -0.1) is 0 Å². The van der Waals surface area contributed by atoms with Crippen LogP contribution in [0.5, 0.6) is 0 Å². The molecule has 0 aromatic heterocycles. The molecule has 0 aliphatic heterocycles. The molecular formula is C15H25NO2S. The number of sulfone groups is 1. The normalized spacial score (nSPS) is 13.4. The molecule has 0 aliphatic carbocycles. The van der Waals surface area contributed by atoms with E-state index in [0.29, 0.717) is 6.42 Å². The molecule has 0 saturated heterocycles. The van der Waals surface area contributed by atoms with E-state index < -0.39 is 9.84 Å². The van der Waals surface area contributed by atoms with E-state index in [0.717, 1.165) is 13.0 Å². The molecule has 0 amide bonds. The Kier molecular flexibility index (Phi) is 6.52. The monoisotopic (exact) mass is 283 g/mol. The van der Waals surface area contributed by atoms with Gasteiger partial charge in [0.1, 0.15) is 9.84 Å². The summed E-state index contributed by atoms with van der Waals surface area (Å²) in [6, 6.07) is 8.54. The molecule has 3 nitrogen and oxygen atoms in total. The van der Waals surface area contributed by atoms with Crippen LogP contribution in [0.2, 0.25) is 0 Å². The van der Waals surface area contributed by atoms with Crippen LogP contribution in [0.15, 0.2) is 24.3 Å². The predicted octanol–water partition coefficient (Wildman–Crippen LogP) is 2.86. The maximum Gasteiger partial charge on any atom is 0.150 e. The second-order valence-electron chi connectivity index (χ2n) is 4.85. The van der Waals surface area contributed by atoms with Crippen LogP contribution in [0.3, 0.4) is 0 Å². The van der Waals surface area contributed by atoms with Gasteiger partial charge in [0, 0.05) is 11.8 Å². The molecule has 0 radical (unpaired) electrons. The van der Waals surface area contributed by atoms with Crippen LogP contribution in [-0.2, 0) is 9.84 Å². The molecule has 4 heteroatoms. The van der Waals surface area contributed by atoms with Crippen molar-refractivity contribution in [2.24, 2.45) is 0 Å². The SMILES string of the molecule is CCNC(CCCS(=O)(=O)CC)c1ccccc1C. The first kappa shape index (κ1) is 16.2. The molecule has 1 aromatic carbocycles. The number of hydrogen-bond donors (Lipinski definition) is 1. The summed E-state index contributed by atoms with van der Waals surface area (Å²) in [6.45, 7) is 6.77. The lowest BCUT2D eigenvalue weighted by Gasteiger charge is -2.20. The molecule has 108 valence electrons. The molecule has 1 N–H and O–H groups in total. The van der Waals surface area contributed by atoms with Crippen LogP contribution < -0.4 is 5.32 Å². The zero-order chi connectivity index (χ0) is 14.3. The number of aryl methyl sites for hydroxylation is 1. The fraction of sp³-hybridized carbons (Fsp3) is 0.600. The van der Waals surface area contributed by atoms with Gasteiger partial charge in [0.25, 0.3) is 0 Å². The van der Waals surface area contributed by atoms with Gasteiger partial charge < -0.3 is 5.32 Å². The quantitative estimate of drug-likeness (QED) is 0.798. The zero-order valence-electron chi connectivity index (χ0n) is 12.1. The first-order valence-electron chi connectivity index (χ1n) is 6.99. The van der Waals surface area contributed by atoms with E-state index in [1.807, 2.05) is 12.1 Å². The third-order valence-corrected chi connectivity index (χ3v) is 5.19. The molecule has 0 fully saturated rings. The van der Waals surface area contributed by atoms with Gasteiger partial charge in [0.05, 0.1) is 5.75 Å². The lowest BCUT2D eigenvalue weighted by Crippen LogP contribution is -2.22. The second kappa shape index (κ2) is 7.65. The van der Waals surface area contributed by atoms with Crippen LogP contribution in [0.25, 0.3) is 0 Å². The average Bonchev–Trinajstić information content (AvgIpc) is 2.38. The van der Waals surface area contributed by atoms with E-state index in [1.165, 1.54) is 11.1 Å². The highest BCUT2D eigenvalue weighted by Crippen LogP contribution is 2.22. The summed E-state index contributed by atoms with van der Waals surface area (Å²) in [4.78, 5) is 0. The Morgan fingerprint density at radius 2 is 1.89 bits per heavy atom. The van der Waals surface area contributed by atoms with Gasteiger partial charge in [-0.05, 0) is 37.4 Å². The van der Waals surface area contributed by atoms with Gasteiger partial charge in [-0.25, -0.2) is 8.42 Å². The highest BCUT2D eigenvalue weighted by molar-refractivity contribution is 7.91. The molecule has 0 bridgehead atoms. The van der Waals surface area contributed by atoms with Crippen molar-refractivity contribution in [1.82, 2.24) is 5.32 Å². The van der Waals surface area contributed by atoms with Crippen molar-refractivity contribution in [1.29, 1.82) is 0 Å². The maximum atomic E-state index is 11.5. The van der Waals surface area contributed by atoms with Crippen LogP contribution >= 0.6 is 0 Å². The molecule has 1 unspecified atom stereocenters. The van der Waals surface area contributed by atoms with E-state index in [-0.39, 0.29) is 17.5 Å². The summed E-state index contributed by atoms with van der Waals surface area (Å²) in [7, 11) is -2.85. The zero-order valence-corrected chi connectivity index (χ0v) is 13.0. The fourth-order valence-corrected chi connectivity index (χ4v) is 3.14. The third kappa shape index (κ3) is 5.33. The number of nitrogens with one attached hydrogen (secondary N) is 1. The Balaban J connectivity index is 2.67. The minimum absolute atomic E-state index is 0.239. The summed E-state index contributed by atoms with van der Waals surface area (Å²) in [5.41, 5.74) is 2.53. The summed E-state index contributed by atoms with van der Waals surface area (Å²) in [6.07, 6.45) is 1.57. The first-order chi connectivity index (χ1) is 9.00. The van der Waals surface area contributed by atoms with E-state index in [1.54, 1.807) is 6.92 Å². The standard InChI is InChI=1S/C15H25NO2S/c1-4-16-15(11-8-12-19(17,18)5-2)14-10-7-6-9-13(14)3/h6-7,9-10,15-16H,4-5,8,11-12H2,1-3H3. The lowest BCUT2D eigenvalue weighted by atomic mass is 9.98. The van der Waals surface area contributed by atoms with Crippen molar-refractivity contribution in [3.05, 3.63) is 35.4 Å². The Morgan fingerprint density at radius 3 is 2.47 bits per heavy atom. The van der Waals surface area contributed by atoms with E-state index >= 15 is 0 Å². The summed E-state index contributed by atoms with van der Waals surface area (Å²) in [5.74, 6) is 0.528. The number of hydrogen-bond acceptors (Lipinski definition) is 3. The largest absolute Gasteiger partial charge is 0.310 e. The average molecular weight is 283 g/mol. The minimum Gasteiger partial charge on any atom is -0.310 e. The van der Waals surface area contributed by atoms with Gasteiger partial charge in [0.15, 0.2) is 0 Å². The molecule has 0 saturated carbocycles. The maximum absolute atomic E-state index is 11.5. The summed E-state index contributed by atoms with van der Waals surface area (Å²) in [5, 5.41) is 3.45. The molecule has 1 atom stereocenters. The lowest BCUT2D eigenvalue weighted by molar-refractivity contribution is 0.505. The smallest absolute Gasteiger partial charge is 0.150 e.